The molecule has 2 aromatic carbocycles. The van der Waals surface area contributed by atoms with Crippen LogP contribution in [0.4, 0.5) is 14.5 Å². The van der Waals surface area contributed by atoms with Crippen LogP contribution < -0.4 is 5.32 Å². The van der Waals surface area contributed by atoms with Gasteiger partial charge >= 0.3 is 0 Å². The number of para-hydroxylation sites is 1. The van der Waals surface area contributed by atoms with E-state index in [1.54, 1.807) is 36.4 Å². The molecule has 0 aliphatic heterocycles. The highest BCUT2D eigenvalue weighted by molar-refractivity contribution is 5.98. The van der Waals surface area contributed by atoms with Gasteiger partial charge in [0.05, 0.1) is 40.0 Å². The molecule has 0 saturated carbocycles. The maximum absolute atomic E-state index is 16.0. The maximum Gasteiger partial charge on any atom is 0.224 e. The third-order valence-electron chi connectivity index (χ3n) is 6.33. The van der Waals surface area contributed by atoms with Crippen molar-refractivity contribution in [2.45, 2.75) is 20.3 Å². The van der Waals surface area contributed by atoms with Crippen molar-refractivity contribution in [2.75, 3.05) is 5.32 Å². The summed E-state index contributed by atoms with van der Waals surface area (Å²) in [5.41, 5.74) is 3.77. The van der Waals surface area contributed by atoms with Crippen LogP contribution in [0.15, 0.2) is 67.1 Å². The van der Waals surface area contributed by atoms with Gasteiger partial charge in [0.25, 0.3) is 0 Å². The summed E-state index contributed by atoms with van der Waals surface area (Å²) in [6, 6.07) is 13.5. The third-order valence-corrected chi connectivity index (χ3v) is 6.33. The number of halogens is 2. The molecule has 1 amide bonds. The zero-order chi connectivity index (χ0) is 27.1. The fraction of sp³-hybridized carbons (Fsp3) is 0.138. The van der Waals surface area contributed by atoms with Crippen LogP contribution in [0.2, 0.25) is 0 Å². The van der Waals surface area contributed by atoms with Gasteiger partial charge in [0.15, 0.2) is 11.6 Å². The van der Waals surface area contributed by atoms with Gasteiger partial charge in [-0.15, -0.1) is 0 Å². The molecule has 6 rings (SSSR count). The fourth-order valence-electron chi connectivity index (χ4n) is 4.61. The number of fused-ring (bicyclic) bond motifs is 2. The zero-order valence-electron chi connectivity index (χ0n) is 21.1. The lowest BCUT2D eigenvalue weighted by atomic mass is 10.0. The summed E-state index contributed by atoms with van der Waals surface area (Å²) in [6.07, 6.45) is 4.83. The van der Waals surface area contributed by atoms with Gasteiger partial charge in [0.2, 0.25) is 5.91 Å². The predicted molar refractivity (Wildman–Crippen MR) is 146 cm³/mol. The molecule has 0 bridgehead atoms. The van der Waals surface area contributed by atoms with Crippen LogP contribution in [-0.4, -0.2) is 36.0 Å². The molecule has 39 heavy (non-hydrogen) atoms. The van der Waals surface area contributed by atoms with Crippen LogP contribution in [0.5, 0.6) is 0 Å². The van der Waals surface area contributed by atoms with Crippen LogP contribution in [0.3, 0.4) is 0 Å². The van der Waals surface area contributed by atoms with E-state index in [2.05, 4.69) is 35.5 Å². The summed E-state index contributed by atoms with van der Waals surface area (Å²) < 4.78 is 30.6. The molecular formula is C29H23F2N7O. The van der Waals surface area contributed by atoms with Crippen LogP contribution in [0, 0.1) is 17.6 Å². The van der Waals surface area contributed by atoms with E-state index in [0.29, 0.717) is 51.2 Å². The first-order chi connectivity index (χ1) is 18.9. The summed E-state index contributed by atoms with van der Waals surface area (Å²) in [5, 5.41) is 10.1. The average Bonchev–Trinajstić information content (AvgIpc) is 3.53. The molecule has 0 atom stereocenters. The summed E-state index contributed by atoms with van der Waals surface area (Å²) in [6.45, 7) is 3.90. The number of amides is 1. The number of carbonyl (C=O) groups is 1. The van der Waals surface area contributed by atoms with Gasteiger partial charge in [-0.3, -0.25) is 19.9 Å². The van der Waals surface area contributed by atoms with E-state index in [-0.39, 0.29) is 34.4 Å². The molecule has 0 radical (unpaired) electrons. The Bertz CT molecular complexity index is 1860. The molecule has 0 aliphatic carbocycles. The monoisotopic (exact) mass is 523 g/mol. The number of rotatable bonds is 6. The summed E-state index contributed by atoms with van der Waals surface area (Å²) in [4.78, 5) is 28.5. The topological polar surface area (TPSA) is 112 Å². The molecule has 4 heterocycles. The number of aromatic nitrogens is 6. The standard InChI is InChI=1S/C29H23F2N7O/c1-15(2)10-23(39)34-17-11-16(12-32-13-17)26-25(31)24-22(14-33-26)37-38-28(24)29-35-21-9-5-7-19(27(21)36-29)18-6-3-4-8-20(18)30/h3-9,11-15H,10H2,1-2H3,(H,34,39)(H,35,36)(H,37,38). The smallest absolute Gasteiger partial charge is 0.224 e. The van der Waals surface area contributed by atoms with E-state index in [0.717, 1.165) is 0 Å². The largest absolute Gasteiger partial charge is 0.337 e. The van der Waals surface area contributed by atoms with Crippen LogP contribution in [0.1, 0.15) is 20.3 Å². The lowest BCUT2D eigenvalue weighted by molar-refractivity contribution is -0.116. The number of aromatic amines is 2. The Balaban J connectivity index is 1.43. The van der Waals surface area contributed by atoms with E-state index in [1.807, 2.05) is 19.9 Å². The van der Waals surface area contributed by atoms with Crippen molar-refractivity contribution in [2.24, 2.45) is 5.92 Å². The quantitative estimate of drug-likeness (QED) is 0.231. The Morgan fingerprint density at radius 2 is 1.79 bits per heavy atom. The van der Waals surface area contributed by atoms with Crippen LogP contribution in [-0.2, 0) is 4.79 Å². The Morgan fingerprint density at radius 3 is 2.62 bits per heavy atom. The van der Waals surface area contributed by atoms with Crippen molar-refractivity contribution < 1.29 is 13.6 Å². The molecular weight excluding hydrogens is 500 g/mol. The summed E-state index contributed by atoms with van der Waals surface area (Å²) in [5.74, 6) is -0.604. The van der Waals surface area contributed by atoms with Gasteiger partial charge in [-0.25, -0.2) is 13.8 Å². The highest BCUT2D eigenvalue weighted by atomic mass is 19.1. The first-order valence-corrected chi connectivity index (χ1v) is 12.4. The van der Waals surface area contributed by atoms with Crippen molar-refractivity contribution in [3.8, 4) is 33.9 Å². The lowest BCUT2D eigenvalue weighted by Gasteiger charge is -2.09. The van der Waals surface area contributed by atoms with Gasteiger partial charge in [0.1, 0.15) is 17.2 Å². The van der Waals surface area contributed by atoms with Gasteiger partial charge in [-0.2, -0.15) is 5.10 Å². The number of hydrogen-bond donors (Lipinski definition) is 3. The van der Waals surface area contributed by atoms with Gasteiger partial charge < -0.3 is 10.3 Å². The minimum absolute atomic E-state index is 0.0563. The second-order valence-electron chi connectivity index (χ2n) is 9.66. The second kappa shape index (κ2) is 9.71. The zero-order valence-corrected chi connectivity index (χ0v) is 21.1. The molecule has 4 aromatic heterocycles. The molecule has 0 spiro atoms. The number of benzene rings is 2. The van der Waals surface area contributed by atoms with Crippen molar-refractivity contribution in [1.29, 1.82) is 0 Å². The number of nitrogens with one attached hydrogen (secondary N) is 3. The number of nitrogens with zero attached hydrogens (tertiary/aromatic N) is 4. The van der Waals surface area contributed by atoms with Gasteiger partial charge in [-0.1, -0.05) is 44.2 Å². The number of carbonyl (C=O) groups excluding carboxylic acids is 1. The normalized spacial score (nSPS) is 11.5. The van der Waals surface area contributed by atoms with E-state index in [4.69, 9.17) is 0 Å². The van der Waals surface area contributed by atoms with Crippen molar-refractivity contribution in [3.05, 3.63) is 78.8 Å². The van der Waals surface area contributed by atoms with Crippen LogP contribution in [0.25, 0.3) is 55.8 Å². The molecule has 0 aliphatic rings. The molecule has 10 heteroatoms. The number of imidazole rings is 1. The first kappa shape index (κ1) is 24.4. The molecule has 3 N–H and O–H groups in total. The number of H-pyrrole nitrogens is 2. The van der Waals surface area contributed by atoms with E-state index >= 15 is 4.39 Å². The minimum atomic E-state index is -0.613. The third kappa shape index (κ3) is 4.50. The molecule has 0 saturated heterocycles. The van der Waals surface area contributed by atoms with E-state index < -0.39 is 5.82 Å². The maximum atomic E-state index is 16.0. The lowest BCUT2D eigenvalue weighted by Crippen LogP contribution is -2.14. The molecule has 0 fully saturated rings. The molecule has 194 valence electrons. The Morgan fingerprint density at radius 1 is 0.974 bits per heavy atom. The molecule has 6 aromatic rings. The number of anilines is 1. The van der Waals surface area contributed by atoms with Crippen molar-refractivity contribution in [3.63, 3.8) is 0 Å². The van der Waals surface area contributed by atoms with Crippen molar-refractivity contribution in [1.82, 2.24) is 30.1 Å². The minimum Gasteiger partial charge on any atom is -0.337 e. The highest BCUT2D eigenvalue weighted by Crippen LogP contribution is 2.35. The van der Waals surface area contributed by atoms with E-state index in [9.17, 15) is 9.18 Å². The van der Waals surface area contributed by atoms with Crippen LogP contribution >= 0.6 is 0 Å². The molecule has 0 unspecified atom stereocenters. The van der Waals surface area contributed by atoms with Gasteiger partial charge in [-0.05, 0) is 24.1 Å². The average molecular weight is 524 g/mol. The predicted octanol–water partition coefficient (Wildman–Crippen LogP) is 6.49. The Hall–Kier alpha value is -4.99. The van der Waals surface area contributed by atoms with Crippen molar-refractivity contribution >= 4 is 33.5 Å². The second-order valence-corrected chi connectivity index (χ2v) is 9.66. The first-order valence-electron chi connectivity index (χ1n) is 12.4. The Labute approximate surface area is 221 Å². The Kier molecular flexibility index (Phi) is 6.07. The SMILES string of the molecule is CC(C)CC(=O)Nc1cncc(-c2ncc3[nH]nc(-c4nc5c(-c6ccccc6F)cccc5[nH]4)c3c2F)c1. The highest BCUT2D eigenvalue weighted by Gasteiger charge is 2.22. The molecule has 8 nitrogen and oxygen atoms in total. The summed E-state index contributed by atoms with van der Waals surface area (Å²) >= 11 is 0. The van der Waals surface area contributed by atoms with Gasteiger partial charge in [0, 0.05) is 29.3 Å². The number of pyridine rings is 2. The van der Waals surface area contributed by atoms with E-state index in [1.165, 1.54) is 24.7 Å². The number of hydrogen-bond acceptors (Lipinski definition) is 5. The fourth-order valence-corrected chi connectivity index (χ4v) is 4.61. The summed E-state index contributed by atoms with van der Waals surface area (Å²) in [7, 11) is 0.